The van der Waals surface area contributed by atoms with E-state index in [9.17, 15) is 0 Å². The SMILES string of the molecule is CCC[P+](c1ccccc1)(c1ccccc1)P(CC)CC. The molecule has 0 saturated carbocycles. The van der Waals surface area contributed by atoms with E-state index in [1.165, 1.54) is 24.9 Å². The van der Waals surface area contributed by atoms with Crippen molar-refractivity contribution in [3.05, 3.63) is 60.7 Å². The molecule has 0 aliphatic carbocycles. The highest BCUT2D eigenvalue weighted by atomic mass is 32.1. The molecule has 2 heteroatoms. The second-order valence-electron chi connectivity index (χ2n) is 5.30. The van der Waals surface area contributed by atoms with Gasteiger partial charge in [-0.2, -0.15) is 0 Å². The summed E-state index contributed by atoms with van der Waals surface area (Å²) in [6.45, 7) is 5.89. The molecular formula is C19H27P2+. The summed E-state index contributed by atoms with van der Waals surface area (Å²) in [4.78, 5) is 0. The van der Waals surface area contributed by atoms with Gasteiger partial charge in [-0.25, -0.2) is 0 Å². The van der Waals surface area contributed by atoms with Crippen LogP contribution in [0.1, 0.15) is 27.2 Å². The summed E-state index contributed by atoms with van der Waals surface area (Å²) >= 11 is 0. The molecule has 0 aromatic heterocycles. The summed E-state index contributed by atoms with van der Waals surface area (Å²) in [5.74, 6) is 0. The van der Waals surface area contributed by atoms with Crippen LogP contribution in [-0.2, 0) is 0 Å². The fourth-order valence-electron chi connectivity index (χ4n) is 3.25. The molecule has 0 nitrogen and oxygen atoms in total. The molecule has 2 aromatic rings. The second kappa shape index (κ2) is 8.07. The minimum atomic E-state index is -1.25. The zero-order valence-corrected chi connectivity index (χ0v) is 15.3. The lowest BCUT2D eigenvalue weighted by Gasteiger charge is -2.33. The lowest BCUT2D eigenvalue weighted by molar-refractivity contribution is 1.10. The number of hydrogen-bond acceptors (Lipinski definition) is 0. The summed E-state index contributed by atoms with van der Waals surface area (Å²) in [5, 5.41) is 3.24. The Hall–Kier alpha value is -0.700. The summed E-state index contributed by atoms with van der Waals surface area (Å²) in [5.41, 5.74) is 0. The Morgan fingerprint density at radius 3 is 1.48 bits per heavy atom. The van der Waals surface area contributed by atoms with Crippen molar-refractivity contribution in [2.45, 2.75) is 27.2 Å². The minimum Gasteiger partial charge on any atom is -0.0620 e. The third-order valence-corrected chi connectivity index (χ3v) is 16.5. The van der Waals surface area contributed by atoms with Crippen LogP contribution in [0.25, 0.3) is 0 Å². The average molecular weight is 317 g/mol. The Labute approximate surface area is 132 Å². The van der Waals surface area contributed by atoms with E-state index in [2.05, 4.69) is 81.4 Å². The van der Waals surface area contributed by atoms with Gasteiger partial charge >= 0.3 is 0 Å². The molecule has 0 amide bonds. The summed E-state index contributed by atoms with van der Waals surface area (Å²) in [6.07, 6.45) is 5.30. The number of hydrogen-bond donors (Lipinski definition) is 0. The smallest absolute Gasteiger partial charge is 0.0620 e. The molecule has 2 rings (SSSR count). The van der Waals surface area contributed by atoms with E-state index in [0.29, 0.717) is 0 Å². The predicted octanol–water partition coefficient (Wildman–Crippen LogP) is 5.50. The Bertz CT molecular complexity index is 478. The first-order chi connectivity index (χ1) is 10.3. The monoisotopic (exact) mass is 317 g/mol. The van der Waals surface area contributed by atoms with Gasteiger partial charge in [0, 0.05) is 12.3 Å². The summed E-state index contributed by atoms with van der Waals surface area (Å²) < 4.78 is 0. The second-order valence-corrected chi connectivity index (χ2v) is 14.3. The van der Waals surface area contributed by atoms with Crippen molar-refractivity contribution in [3.8, 4) is 0 Å². The van der Waals surface area contributed by atoms with Gasteiger partial charge in [0.2, 0.25) is 0 Å². The zero-order valence-electron chi connectivity index (χ0n) is 13.5. The maximum atomic E-state index is 2.39. The lowest BCUT2D eigenvalue weighted by atomic mass is 10.4. The van der Waals surface area contributed by atoms with Crippen molar-refractivity contribution in [1.29, 1.82) is 0 Å². The van der Waals surface area contributed by atoms with Gasteiger partial charge < -0.3 is 0 Å². The van der Waals surface area contributed by atoms with Crippen LogP contribution in [0.15, 0.2) is 60.7 Å². The van der Waals surface area contributed by atoms with Gasteiger partial charge in [-0.3, -0.25) is 0 Å². The van der Waals surface area contributed by atoms with Crippen LogP contribution in [-0.4, -0.2) is 18.5 Å². The first-order valence-electron chi connectivity index (χ1n) is 8.04. The molecule has 0 unspecified atom stereocenters. The molecule has 0 atom stereocenters. The van der Waals surface area contributed by atoms with Crippen LogP contribution in [0.4, 0.5) is 0 Å². The molecule has 0 radical (unpaired) electrons. The number of rotatable bonds is 7. The Kier molecular flexibility index (Phi) is 6.40. The van der Waals surface area contributed by atoms with E-state index >= 15 is 0 Å². The van der Waals surface area contributed by atoms with Crippen molar-refractivity contribution in [1.82, 2.24) is 0 Å². The van der Waals surface area contributed by atoms with Gasteiger partial charge in [-0.1, -0.05) is 57.2 Å². The Balaban J connectivity index is 2.65. The highest BCUT2D eigenvalue weighted by molar-refractivity contribution is 8.45. The van der Waals surface area contributed by atoms with Crippen molar-refractivity contribution in [3.63, 3.8) is 0 Å². The lowest BCUT2D eigenvalue weighted by Crippen LogP contribution is -2.24. The molecule has 112 valence electrons. The van der Waals surface area contributed by atoms with Crippen LogP contribution in [0.3, 0.4) is 0 Å². The van der Waals surface area contributed by atoms with Crippen LogP contribution in [0.5, 0.6) is 0 Å². The standard InChI is InChI=1S/C19H27P2/c1-4-17-21(20(5-2)6-3,18-13-9-7-10-14-18)19-15-11-8-12-16-19/h7-16H,4-6,17H2,1-3H3/q+1. The van der Waals surface area contributed by atoms with E-state index in [4.69, 9.17) is 0 Å². The van der Waals surface area contributed by atoms with E-state index < -0.39 is 6.95 Å². The molecule has 0 fully saturated rings. The maximum absolute atomic E-state index is 2.39. The van der Waals surface area contributed by atoms with Gasteiger partial charge in [0.05, 0.1) is 20.7 Å². The summed E-state index contributed by atoms with van der Waals surface area (Å²) in [6, 6.07) is 22.7. The molecule has 0 aliphatic rings. The molecule has 2 aromatic carbocycles. The first kappa shape index (κ1) is 16.7. The largest absolute Gasteiger partial charge is 0.102 e. The highest BCUT2D eigenvalue weighted by Gasteiger charge is 2.47. The predicted molar refractivity (Wildman–Crippen MR) is 102 cm³/mol. The highest BCUT2D eigenvalue weighted by Crippen LogP contribution is 2.82. The molecule has 21 heavy (non-hydrogen) atoms. The first-order valence-corrected chi connectivity index (χ1v) is 12.4. The topological polar surface area (TPSA) is 0 Å². The Morgan fingerprint density at radius 1 is 0.714 bits per heavy atom. The van der Waals surface area contributed by atoms with Crippen molar-refractivity contribution < 1.29 is 0 Å². The van der Waals surface area contributed by atoms with Gasteiger partial charge in [0.25, 0.3) is 0 Å². The van der Waals surface area contributed by atoms with Gasteiger partial charge in [0.1, 0.15) is 10.6 Å². The van der Waals surface area contributed by atoms with Crippen LogP contribution in [0.2, 0.25) is 0 Å². The quantitative estimate of drug-likeness (QED) is 0.591. The molecule has 0 spiro atoms. The third kappa shape index (κ3) is 3.39. The van der Waals surface area contributed by atoms with E-state index in [-0.39, 0.29) is 7.61 Å². The van der Waals surface area contributed by atoms with Gasteiger partial charge in [0.15, 0.2) is 0 Å². The normalized spacial score (nSPS) is 11.8. The van der Waals surface area contributed by atoms with E-state index in [1.54, 1.807) is 10.6 Å². The molecule has 0 aliphatic heterocycles. The van der Waals surface area contributed by atoms with E-state index in [1.807, 2.05) is 0 Å². The Morgan fingerprint density at radius 2 is 1.14 bits per heavy atom. The minimum absolute atomic E-state index is 0.0487. The molecule has 0 saturated heterocycles. The summed E-state index contributed by atoms with van der Waals surface area (Å²) in [7, 11) is 0.0487. The van der Waals surface area contributed by atoms with Crippen LogP contribution < -0.4 is 10.6 Å². The fourth-order valence-corrected chi connectivity index (χ4v) is 15.5. The molecule has 0 heterocycles. The average Bonchev–Trinajstić information content (AvgIpc) is 2.56. The van der Waals surface area contributed by atoms with Crippen LogP contribution in [0, 0.1) is 0 Å². The molecular weight excluding hydrogens is 290 g/mol. The maximum Gasteiger partial charge on any atom is 0.102 e. The molecule has 0 bridgehead atoms. The van der Waals surface area contributed by atoms with Crippen molar-refractivity contribution >= 4 is 25.2 Å². The van der Waals surface area contributed by atoms with Gasteiger partial charge in [-0.05, 0) is 30.7 Å². The fraction of sp³-hybridized carbons (Fsp3) is 0.368. The third-order valence-electron chi connectivity index (χ3n) is 4.13. The van der Waals surface area contributed by atoms with Crippen LogP contribution >= 0.6 is 14.6 Å². The molecule has 0 N–H and O–H groups in total. The van der Waals surface area contributed by atoms with Crippen molar-refractivity contribution in [2.75, 3.05) is 18.5 Å². The van der Waals surface area contributed by atoms with Gasteiger partial charge in [-0.15, -0.1) is 0 Å². The van der Waals surface area contributed by atoms with Crippen molar-refractivity contribution in [2.24, 2.45) is 0 Å². The van der Waals surface area contributed by atoms with E-state index in [0.717, 1.165) is 0 Å². The zero-order chi connectivity index (χ0) is 15.1. The number of benzene rings is 2.